The second-order valence-corrected chi connectivity index (χ2v) is 6.34. The van der Waals surface area contributed by atoms with Gasteiger partial charge in [0.25, 0.3) is 0 Å². The van der Waals surface area contributed by atoms with E-state index >= 15 is 0 Å². The summed E-state index contributed by atoms with van der Waals surface area (Å²) in [4.78, 5) is 4.35. The van der Waals surface area contributed by atoms with E-state index in [-0.39, 0.29) is 30.0 Å². The summed E-state index contributed by atoms with van der Waals surface area (Å²) in [5, 5.41) is 17.1. The van der Waals surface area contributed by atoms with Crippen LogP contribution < -0.4 is 10.6 Å². The Labute approximate surface area is 177 Å². The molecule has 2 aromatic carbocycles. The van der Waals surface area contributed by atoms with Crippen molar-refractivity contribution in [2.75, 3.05) is 13.6 Å². The second kappa shape index (κ2) is 10.9. The van der Waals surface area contributed by atoms with Gasteiger partial charge in [-0.05, 0) is 36.1 Å². The van der Waals surface area contributed by atoms with Crippen LogP contribution >= 0.6 is 24.0 Å². The maximum absolute atomic E-state index is 4.35. The first kappa shape index (κ1) is 21.1. The summed E-state index contributed by atoms with van der Waals surface area (Å²) in [6, 6.07) is 15.1. The van der Waals surface area contributed by atoms with E-state index < -0.39 is 0 Å². The Balaban J connectivity index is 0.00000261. The number of halogens is 1. The topological polar surface area (TPSA) is 67.1 Å². The van der Waals surface area contributed by atoms with E-state index in [1.807, 2.05) is 11.6 Å². The van der Waals surface area contributed by atoms with Gasteiger partial charge in [-0.3, -0.25) is 4.99 Å². The van der Waals surface area contributed by atoms with Crippen molar-refractivity contribution in [3.05, 3.63) is 60.7 Å². The third-order valence-corrected chi connectivity index (χ3v) is 4.47. The van der Waals surface area contributed by atoms with Crippen LogP contribution in [0.4, 0.5) is 0 Å². The molecule has 0 aliphatic heterocycles. The van der Waals surface area contributed by atoms with Crippen molar-refractivity contribution in [3.8, 4) is 0 Å². The normalized spacial score (nSPS) is 12.4. The van der Waals surface area contributed by atoms with Gasteiger partial charge in [0.15, 0.2) is 5.96 Å². The van der Waals surface area contributed by atoms with Crippen LogP contribution in [-0.4, -0.2) is 34.3 Å². The van der Waals surface area contributed by atoms with Crippen LogP contribution in [0.1, 0.15) is 31.4 Å². The fourth-order valence-electron chi connectivity index (χ4n) is 3.07. The number of hydrogen-bond acceptors (Lipinski definition) is 3. The molecule has 27 heavy (non-hydrogen) atoms. The Hall–Kier alpha value is -2.16. The van der Waals surface area contributed by atoms with E-state index in [2.05, 4.69) is 75.2 Å². The molecule has 0 saturated heterocycles. The van der Waals surface area contributed by atoms with Crippen LogP contribution in [0.25, 0.3) is 10.8 Å². The lowest BCUT2D eigenvalue weighted by atomic mass is 10.00. The Morgan fingerprint density at radius 2 is 1.81 bits per heavy atom. The predicted molar refractivity (Wildman–Crippen MR) is 122 cm³/mol. The molecule has 144 valence electrons. The number of aryl methyl sites for hydroxylation is 1. The Morgan fingerprint density at radius 3 is 2.59 bits per heavy atom. The maximum Gasteiger partial charge on any atom is 0.191 e. The van der Waals surface area contributed by atoms with Crippen molar-refractivity contribution in [2.24, 2.45) is 4.99 Å². The fraction of sp³-hybridized carbons (Fsp3) is 0.350. The van der Waals surface area contributed by atoms with E-state index in [0.717, 1.165) is 31.9 Å². The van der Waals surface area contributed by atoms with Crippen LogP contribution in [0.3, 0.4) is 0 Å². The van der Waals surface area contributed by atoms with Crippen LogP contribution in [0, 0.1) is 0 Å². The Morgan fingerprint density at radius 1 is 1.07 bits per heavy atom. The molecule has 1 heterocycles. The Bertz CT molecular complexity index is 841. The van der Waals surface area contributed by atoms with Crippen molar-refractivity contribution in [1.29, 1.82) is 0 Å². The zero-order valence-electron chi connectivity index (χ0n) is 15.8. The third kappa shape index (κ3) is 5.92. The minimum Gasteiger partial charge on any atom is -0.356 e. The summed E-state index contributed by atoms with van der Waals surface area (Å²) < 4.78 is 2.00. The average molecular weight is 478 g/mol. The maximum atomic E-state index is 4.35. The first-order chi connectivity index (χ1) is 12.8. The lowest BCUT2D eigenvalue weighted by molar-refractivity contribution is 0.594. The highest BCUT2D eigenvalue weighted by Crippen LogP contribution is 2.23. The quantitative estimate of drug-likeness (QED) is 0.235. The molecule has 3 rings (SSSR count). The van der Waals surface area contributed by atoms with Gasteiger partial charge in [0.05, 0.1) is 6.04 Å². The van der Waals surface area contributed by atoms with Crippen molar-refractivity contribution in [3.63, 3.8) is 0 Å². The SMILES string of the molecule is CN=C(NCCCCn1cnnc1)NC(C)c1cccc2ccccc12.I. The molecule has 6 nitrogen and oxygen atoms in total. The molecular weight excluding hydrogens is 451 g/mol. The number of rotatable bonds is 7. The zero-order valence-corrected chi connectivity index (χ0v) is 18.1. The summed E-state index contributed by atoms with van der Waals surface area (Å²) >= 11 is 0. The molecule has 0 aliphatic carbocycles. The number of guanidine groups is 1. The van der Waals surface area contributed by atoms with E-state index in [0.29, 0.717) is 0 Å². The number of aliphatic imine (C=N–C) groups is 1. The number of benzene rings is 2. The molecule has 1 aromatic heterocycles. The van der Waals surface area contributed by atoms with Crippen LogP contribution in [0.5, 0.6) is 0 Å². The molecule has 0 radical (unpaired) electrons. The van der Waals surface area contributed by atoms with Crippen molar-refractivity contribution >= 4 is 40.7 Å². The predicted octanol–water partition coefficient (Wildman–Crippen LogP) is 3.76. The number of fused-ring (bicyclic) bond motifs is 1. The summed E-state index contributed by atoms with van der Waals surface area (Å²) in [6.45, 7) is 3.98. The van der Waals surface area contributed by atoms with Gasteiger partial charge in [-0.1, -0.05) is 42.5 Å². The molecule has 0 bridgehead atoms. The van der Waals surface area contributed by atoms with E-state index in [9.17, 15) is 0 Å². The smallest absolute Gasteiger partial charge is 0.191 e. The largest absolute Gasteiger partial charge is 0.356 e. The lowest BCUT2D eigenvalue weighted by Gasteiger charge is -2.20. The summed E-state index contributed by atoms with van der Waals surface area (Å²) in [5.74, 6) is 0.828. The van der Waals surface area contributed by atoms with Crippen LogP contribution in [0.15, 0.2) is 60.1 Å². The molecule has 3 aromatic rings. The van der Waals surface area contributed by atoms with Gasteiger partial charge in [-0.15, -0.1) is 34.2 Å². The zero-order chi connectivity index (χ0) is 18.2. The van der Waals surface area contributed by atoms with E-state index in [1.165, 1.54) is 16.3 Å². The van der Waals surface area contributed by atoms with Crippen molar-refractivity contribution in [2.45, 2.75) is 32.4 Å². The van der Waals surface area contributed by atoms with Gasteiger partial charge in [-0.2, -0.15) is 0 Å². The standard InChI is InChI=1S/C20H26N6.HI/c1-16(18-11-7-9-17-8-3-4-10-19(17)18)25-20(21-2)22-12-5-6-13-26-14-23-24-15-26;/h3-4,7-11,14-16H,5-6,12-13H2,1-2H3,(H2,21,22,25);1H. The lowest BCUT2D eigenvalue weighted by Crippen LogP contribution is -2.39. The molecule has 1 unspecified atom stereocenters. The van der Waals surface area contributed by atoms with Crippen molar-refractivity contribution in [1.82, 2.24) is 25.4 Å². The van der Waals surface area contributed by atoms with Gasteiger partial charge >= 0.3 is 0 Å². The minimum absolute atomic E-state index is 0. The highest BCUT2D eigenvalue weighted by atomic mass is 127. The van der Waals surface area contributed by atoms with E-state index in [1.54, 1.807) is 12.7 Å². The van der Waals surface area contributed by atoms with Crippen molar-refractivity contribution < 1.29 is 0 Å². The van der Waals surface area contributed by atoms with Crippen LogP contribution in [0.2, 0.25) is 0 Å². The minimum atomic E-state index is 0. The summed E-state index contributed by atoms with van der Waals surface area (Å²) in [6.07, 6.45) is 5.63. The first-order valence-corrected chi connectivity index (χ1v) is 9.05. The number of nitrogens with one attached hydrogen (secondary N) is 2. The Kier molecular flexibility index (Phi) is 8.50. The monoisotopic (exact) mass is 478 g/mol. The summed E-state index contributed by atoms with van der Waals surface area (Å²) in [5.41, 5.74) is 1.28. The molecule has 1 atom stereocenters. The van der Waals surface area contributed by atoms with Gasteiger partial charge in [-0.25, -0.2) is 0 Å². The third-order valence-electron chi connectivity index (χ3n) is 4.47. The molecule has 2 N–H and O–H groups in total. The second-order valence-electron chi connectivity index (χ2n) is 6.34. The molecule has 0 fully saturated rings. The number of unbranched alkanes of at least 4 members (excludes halogenated alkanes) is 1. The molecule has 7 heteroatoms. The molecule has 0 amide bonds. The number of aromatic nitrogens is 3. The molecule has 0 spiro atoms. The number of hydrogen-bond donors (Lipinski definition) is 2. The highest BCUT2D eigenvalue weighted by Gasteiger charge is 2.10. The van der Waals surface area contributed by atoms with Gasteiger partial charge in [0, 0.05) is 20.1 Å². The number of nitrogens with zero attached hydrogens (tertiary/aromatic N) is 4. The average Bonchev–Trinajstić information content (AvgIpc) is 3.19. The summed E-state index contributed by atoms with van der Waals surface area (Å²) in [7, 11) is 1.81. The molecule has 0 saturated carbocycles. The molecular formula is C20H27IN6. The van der Waals surface area contributed by atoms with Gasteiger partial charge in [0.1, 0.15) is 12.7 Å². The van der Waals surface area contributed by atoms with E-state index in [4.69, 9.17) is 0 Å². The van der Waals surface area contributed by atoms with Crippen LogP contribution in [-0.2, 0) is 6.54 Å². The fourth-order valence-corrected chi connectivity index (χ4v) is 3.07. The highest BCUT2D eigenvalue weighted by molar-refractivity contribution is 14.0. The van der Waals surface area contributed by atoms with Gasteiger partial charge in [0.2, 0.25) is 0 Å². The van der Waals surface area contributed by atoms with Gasteiger partial charge < -0.3 is 15.2 Å². The molecule has 0 aliphatic rings. The first-order valence-electron chi connectivity index (χ1n) is 9.05.